The average molecular weight is 365 g/mol. The lowest BCUT2D eigenvalue weighted by molar-refractivity contribution is 0.442. The summed E-state index contributed by atoms with van der Waals surface area (Å²) < 4.78 is 6.17. The first-order valence-corrected chi connectivity index (χ1v) is 10.2. The molecule has 0 radical (unpaired) electrons. The zero-order valence-electron chi connectivity index (χ0n) is 17.2. The van der Waals surface area contributed by atoms with Crippen molar-refractivity contribution in [1.29, 1.82) is 0 Å². The monoisotopic (exact) mass is 364 g/mol. The van der Waals surface area contributed by atoms with E-state index in [-0.39, 0.29) is 0 Å². The van der Waals surface area contributed by atoms with E-state index in [2.05, 4.69) is 67.1 Å². The highest BCUT2D eigenvalue weighted by Gasteiger charge is 2.15. The van der Waals surface area contributed by atoms with Crippen LogP contribution in [0.25, 0.3) is 0 Å². The van der Waals surface area contributed by atoms with Crippen molar-refractivity contribution in [1.82, 2.24) is 4.90 Å². The van der Waals surface area contributed by atoms with E-state index < -0.39 is 0 Å². The molecule has 27 heavy (non-hydrogen) atoms. The van der Waals surface area contributed by atoms with Gasteiger partial charge in [-0.25, -0.2) is 4.99 Å². The zero-order chi connectivity index (χ0) is 19.2. The van der Waals surface area contributed by atoms with E-state index >= 15 is 0 Å². The normalized spacial score (nSPS) is 15.3. The number of aryl methyl sites for hydroxylation is 2. The second-order valence-corrected chi connectivity index (χ2v) is 7.73. The molecule has 0 amide bonds. The van der Waals surface area contributed by atoms with Gasteiger partial charge in [0.05, 0.1) is 12.0 Å². The third kappa shape index (κ3) is 5.12. The Kier molecular flexibility index (Phi) is 6.54. The van der Waals surface area contributed by atoms with Crippen LogP contribution in [0.4, 0.5) is 5.69 Å². The van der Waals surface area contributed by atoms with Crippen molar-refractivity contribution in [3.63, 3.8) is 0 Å². The van der Waals surface area contributed by atoms with E-state index in [4.69, 9.17) is 4.74 Å². The SMILES string of the molecule is CCN(C)C=Nc1cc(C)c(Oc2ccc(C3CCCCC3)cc2)cc1C. The summed E-state index contributed by atoms with van der Waals surface area (Å²) in [5.41, 5.74) is 4.67. The van der Waals surface area contributed by atoms with Crippen LogP contribution in [0.2, 0.25) is 0 Å². The minimum absolute atomic E-state index is 0.732. The number of hydrogen-bond donors (Lipinski definition) is 0. The number of ether oxygens (including phenoxy) is 1. The van der Waals surface area contributed by atoms with Gasteiger partial charge < -0.3 is 9.64 Å². The summed E-state index contributed by atoms with van der Waals surface area (Å²) in [4.78, 5) is 6.66. The highest BCUT2D eigenvalue weighted by Crippen LogP contribution is 2.35. The molecule has 0 saturated heterocycles. The van der Waals surface area contributed by atoms with Crippen LogP contribution >= 0.6 is 0 Å². The molecule has 0 spiro atoms. The quantitative estimate of drug-likeness (QED) is 0.418. The van der Waals surface area contributed by atoms with Crippen LogP contribution < -0.4 is 4.74 Å². The molecule has 144 valence electrons. The largest absolute Gasteiger partial charge is 0.457 e. The molecule has 0 unspecified atom stereocenters. The summed E-state index contributed by atoms with van der Waals surface area (Å²) in [5, 5.41) is 0. The fraction of sp³-hybridized carbons (Fsp3) is 0.458. The maximum absolute atomic E-state index is 6.17. The van der Waals surface area contributed by atoms with Gasteiger partial charge in [0.1, 0.15) is 11.5 Å². The number of benzene rings is 2. The van der Waals surface area contributed by atoms with Crippen LogP contribution in [-0.2, 0) is 0 Å². The minimum Gasteiger partial charge on any atom is -0.457 e. The van der Waals surface area contributed by atoms with Crippen LogP contribution in [0.15, 0.2) is 41.4 Å². The number of rotatable bonds is 6. The van der Waals surface area contributed by atoms with Gasteiger partial charge in [0.15, 0.2) is 0 Å². The molecule has 1 aliphatic rings. The highest BCUT2D eigenvalue weighted by molar-refractivity contribution is 5.64. The second kappa shape index (κ2) is 9.07. The van der Waals surface area contributed by atoms with Crippen molar-refractivity contribution >= 4 is 12.0 Å². The van der Waals surface area contributed by atoms with Crippen LogP contribution in [0.3, 0.4) is 0 Å². The summed E-state index contributed by atoms with van der Waals surface area (Å²) in [6.07, 6.45) is 8.66. The van der Waals surface area contributed by atoms with Crippen LogP contribution in [0, 0.1) is 13.8 Å². The third-order valence-corrected chi connectivity index (χ3v) is 5.57. The lowest BCUT2D eigenvalue weighted by Gasteiger charge is -2.22. The van der Waals surface area contributed by atoms with E-state index in [1.807, 2.05) is 13.4 Å². The molecule has 3 nitrogen and oxygen atoms in total. The molecule has 1 saturated carbocycles. The fourth-order valence-electron chi connectivity index (χ4n) is 3.64. The molecule has 1 fully saturated rings. The van der Waals surface area contributed by atoms with Crippen LogP contribution in [0.5, 0.6) is 11.5 Å². The van der Waals surface area contributed by atoms with Crippen molar-refractivity contribution in [3.05, 3.63) is 53.1 Å². The van der Waals surface area contributed by atoms with Gasteiger partial charge in [-0.05, 0) is 80.5 Å². The number of nitrogens with zero attached hydrogens (tertiary/aromatic N) is 2. The van der Waals surface area contributed by atoms with Crippen molar-refractivity contribution in [2.45, 2.75) is 58.8 Å². The summed E-state index contributed by atoms with van der Waals surface area (Å²) in [6.45, 7) is 7.21. The van der Waals surface area contributed by atoms with E-state index in [1.165, 1.54) is 37.7 Å². The summed E-state index contributed by atoms with van der Waals surface area (Å²) in [7, 11) is 2.03. The Morgan fingerprint density at radius 1 is 1.04 bits per heavy atom. The van der Waals surface area contributed by atoms with Gasteiger partial charge >= 0.3 is 0 Å². The Bertz CT molecular complexity index is 774. The van der Waals surface area contributed by atoms with Crippen molar-refractivity contribution in [2.24, 2.45) is 4.99 Å². The van der Waals surface area contributed by atoms with Crippen molar-refractivity contribution < 1.29 is 4.74 Å². The van der Waals surface area contributed by atoms with Gasteiger partial charge in [0.25, 0.3) is 0 Å². The lowest BCUT2D eigenvalue weighted by Crippen LogP contribution is -2.14. The molecule has 3 rings (SSSR count). The zero-order valence-corrected chi connectivity index (χ0v) is 17.2. The van der Waals surface area contributed by atoms with Crippen LogP contribution in [-0.4, -0.2) is 24.8 Å². The van der Waals surface area contributed by atoms with Gasteiger partial charge in [-0.15, -0.1) is 0 Å². The third-order valence-electron chi connectivity index (χ3n) is 5.57. The Balaban J connectivity index is 1.71. The molecule has 0 atom stereocenters. The Hall–Kier alpha value is -2.29. The van der Waals surface area contributed by atoms with Gasteiger partial charge in [-0.3, -0.25) is 0 Å². The number of hydrogen-bond acceptors (Lipinski definition) is 2. The predicted molar refractivity (Wildman–Crippen MR) is 115 cm³/mol. The first-order chi connectivity index (χ1) is 13.1. The standard InChI is InChI=1S/C24H32N2O/c1-5-26(4)17-25-23-15-19(3)24(16-18(23)2)27-22-13-11-21(12-14-22)20-9-7-6-8-10-20/h11-17,20H,5-10H2,1-4H3. The molecule has 1 aliphatic carbocycles. The number of aliphatic imine (C=N–C) groups is 1. The van der Waals surface area contributed by atoms with Gasteiger partial charge in [-0.2, -0.15) is 0 Å². The molecule has 0 N–H and O–H groups in total. The second-order valence-electron chi connectivity index (χ2n) is 7.73. The maximum Gasteiger partial charge on any atom is 0.130 e. The Morgan fingerprint density at radius 2 is 1.74 bits per heavy atom. The molecular weight excluding hydrogens is 332 g/mol. The molecule has 0 heterocycles. The van der Waals surface area contributed by atoms with E-state index in [1.54, 1.807) is 0 Å². The maximum atomic E-state index is 6.17. The highest BCUT2D eigenvalue weighted by atomic mass is 16.5. The van der Waals surface area contributed by atoms with Gasteiger partial charge in [0, 0.05) is 13.6 Å². The topological polar surface area (TPSA) is 24.8 Å². The first kappa shape index (κ1) is 19.5. The summed E-state index contributed by atoms with van der Waals surface area (Å²) in [5.74, 6) is 2.54. The molecule has 2 aromatic carbocycles. The van der Waals surface area contributed by atoms with Crippen molar-refractivity contribution in [2.75, 3.05) is 13.6 Å². The molecule has 0 aromatic heterocycles. The van der Waals surface area contributed by atoms with E-state index in [9.17, 15) is 0 Å². The van der Waals surface area contributed by atoms with E-state index in [0.717, 1.165) is 40.8 Å². The smallest absolute Gasteiger partial charge is 0.130 e. The minimum atomic E-state index is 0.732. The molecule has 3 heteroatoms. The molecule has 2 aromatic rings. The average Bonchev–Trinajstić information content (AvgIpc) is 2.70. The first-order valence-electron chi connectivity index (χ1n) is 10.2. The van der Waals surface area contributed by atoms with Crippen LogP contribution in [0.1, 0.15) is 61.6 Å². The van der Waals surface area contributed by atoms with E-state index in [0.29, 0.717) is 0 Å². The molecular formula is C24H32N2O. The van der Waals surface area contributed by atoms with Crippen molar-refractivity contribution in [3.8, 4) is 11.5 Å². The molecule has 0 aliphatic heterocycles. The van der Waals surface area contributed by atoms with Gasteiger partial charge in [-0.1, -0.05) is 31.4 Å². The Labute approximate surface area is 164 Å². The Morgan fingerprint density at radius 3 is 2.41 bits per heavy atom. The van der Waals surface area contributed by atoms with Gasteiger partial charge in [0.2, 0.25) is 0 Å². The summed E-state index contributed by atoms with van der Waals surface area (Å²) >= 11 is 0. The fourth-order valence-corrected chi connectivity index (χ4v) is 3.64. The molecule has 0 bridgehead atoms. The predicted octanol–water partition coefficient (Wildman–Crippen LogP) is 6.75. The summed E-state index contributed by atoms with van der Waals surface area (Å²) in [6, 6.07) is 12.9. The lowest BCUT2D eigenvalue weighted by atomic mass is 9.84.